The van der Waals surface area contributed by atoms with E-state index in [1.165, 1.54) is 18.9 Å². The predicted octanol–water partition coefficient (Wildman–Crippen LogP) is 0.569. The van der Waals surface area contributed by atoms with Crippen LogP contribution in [-0.2, 0) is 19.1 Å². The molecule has 1 aromatic heterocycles. The normalized spacial score (nSPS) is 20.6. The van der Waals surface area contributed by atoms with E-state index in [1.54, 1.807) is 12.4 Å². The number of carbonyl (C=O) groups is 2. The summed E-state index contributed by atoms with van der Waals surface area (Å²) >= 11 is 1.30. The van der Waals surface area contributed by atoms with E-state index in [4.69, 9.17) is 4.74 Å². The molecule has 0 aliphatic carbocycles. The van der Waals surface area contributed by atoms with E-state index >= 15 is 0 Å². The zero-order valence-electron chi connectivity index (χ0n) is 14.2. The minimum atomic E-state index is -0.293. The average molecular weight is 366 g/mol. The molecule has 25 heavy (non-hydrogen) atoms. The summed E-state index contributed by atoms with van der Waals surface area (Å²) in [4.78, 5) is 36.3. The number of nitrogens with zero attached hydrogens (tertiary/aromatic N) is 4. The fourth-order valence-electron chi connectivity index (χ4n) is 2.88. The summed E-state index contributed by atoms with van der Waals surface area (Å²) in [7, 11) is 1.36. The number of aromatic nitrogens is 2. The summed E-state index contributed by atoms with van der Waals surface area (Å²) in [5, 5.41) is 0.681. The molecule has 2 aliphatic rings. The van der Waals surface area contributed by atoms with Gasteiger partial charge in [-0.25, -0.2) is 4.98 Å². The molecule has 2 aliphatic heterocycles. The first-order valence-corrected chi connectivity index (χ1v) is 9.33. The lowest BCUT2D eigenvalue weighted by molar-refractivity contribution is -0.141. The first kappa shape index (κ1) is 17.9. The second-order valence-electron chi connectivity index (χ2n) is 5.89. The molecule has 0 bridgehead atoms. The molecule has 136 valence electrons. The van der Waals surface area contributed by atoms with Crippen molar-refractivity contribution in [3.8, 4) is 0 Å². The third-order valence-corrected chi connectivity index (χ3v) is 5.16. The van der Waals surface area contributed by atoms with Crippen LogP contribution in [0.15, 0.2) is 17.4 Å². The van der Waals surface area contributed by atoms with E-state index in [9.17, 15) is 9.59 Å². The molecule has 3 heterocycles. The standard InChI is InChI=1S/C16H22N4O4S/c1-23-15(21)11-25-14-10-17-9-13(18-14)19-4-6-20(7-5-19)16(22)12-3-2-8-24-12/h9-10,12H,2-8,11H2,1H3/t12-/m0/s1. The van der Waals surface area contributed by atoms with Crippen LogP contribution in [0.25, 0.3) is 0 Å². The Balaban J connectivity index is 1.53. The van der Waals surface area contributed by atoms with Crippen molar-refractivity contribution in [2.45, 2.75) is 24.0 Å². The molecular weight excluding hydrogens is 344 g/mol. The zero-order valence-corrected chi connectivity index (χ0v) is 15.0. The molecule has 1 atom stereocenters. The van der Waals surface area contributed by atoms with Crippen LogP contribution in [-0.4, -0.2) is 78.5 Å². The number of hydrogen-bond donors (Lipinski definition) is 0. The van der Waals surface area contributed by atoms with Crippen LogP contribution >= 0.6 is 11.8 Å². The monoisotopic (exact) mass is 366 g/mol. The second-order valence-corrected chi connectivity index (χ2v) is 6.89. The Kier molecular flexibility index (Phi) is 6.09. The van der Waals surface area contributed by atoms with Crippen LogP contribution in [0.1, 0.15) is 12.8 Å². The number of rotatable bonds is 5. The van der Waals surface area contributed by atoms with Crippen molar-refractivity contribution >= 4 is 29.5 Å². The molecule has 2 fully saturated rings. The van der Waals surface area contributed by atoms with Crippen LogP contribution in [0.5, 0.6) is 0 Å². The topological polar surface area (TPSA) is 84.9 Å². The summed E-state index contributed by atoms with van der Waals surface area (Å²) in [5.74, 6) is 0.779. The Labute approximate surface area is 150 Å². The van der Waals surface area contributed by atoms with Gasteiger partial charge in [-0.3, -0.25) is 14.6 Å². The number of hydrogen-bond acceptors (Lipinski definition) is 8. The Morgan fingerprint density at radius 2 is 2.12 bits per heavy atom. The Morgan fingerprint density at radius 1 is 1.32 bits per heavy atom. The van der Waals surface area contributed by atoms with Gasteiger partial charge in [-0.1, -0.05) is 11.8 Å². The van der Waals surface area contributed by atoms with E-state index in [0.717, 1.165) is 18.7 Å². The molecule has 0 radical (unpaired) electrons. The number of methoxy groups -OCH3 is 1. The van der Waals surface area contributed by atoms with Crippen molar-refractivity contribution < 1.29 is 19.1 Å². The molecule has 9 heteroatoms. The lowest BCUT2D eigenvalue weighted by Crippen LogP contribution is -2.51. The summed E-state index contributed by atoms with van der Waals surface area (Å²) in [6.07, 6.45) is 4.87. The highest BCUT2D eigenvalue weighted by Crippen LogP contribution is 2.21. The number of anilines is 1. The average Bonchev–Trinajstić information content (AvgIpc) is 3.20. The number of ether oxygens (including phenoxy) is 2. The second kappa shape index (κ2) is 8.48. The van der Waals surface area contributed by atoms with Gasteiger partial charge in [0.1, 0.15) is 16.9 Å². The maximum absolute atomic E-state index is 12.4. The van der Waals surface area contributed by atoms with E-state index in [2.05, 4.69) is 19.6 Å². The molecule has 0 aromatic carbocycles. The van der Waals surface area contributed by atoms with E-state index in [0.29, 0.717) is 37.8 Å². The van der Waals surface area contributed by atoms with Crippen molar-refractivity contribution in [3.05, 3.63) is 12.4 Å². The van der Waals surface area contributed by atoms with Gasteiger partial charge in [-0.2, -0.15) is 0 Å². The zero-order chi connectivity index (χ0) is 17.6. The number of thioether (sulfide) groups is 1. The molecule has 3 rings (SSSR count). The van der Waals surface area contributed by atoms with Crippen LogP contribution in [0.2, 0.25) is 0 Å². The molecule has 0 spiro atoms. The summed E-state index contributed by atoms with van der Waals surface area (Å²) in [6, 6.07) is 0. The third kappa shape index (κ3) is 4.60. The molecule has 0 saturated carbocycles. The van der Waals surface area contributed by atoms with Gasteiger partial charge in [0.2, 0.25) is 0 Å². The van der Waals surface area contributed by atoms with Crippen LogP contribution in [0.3, 0.4) is 0 Å². The van der Waals surface area contributed by atoms with Crippen molar-refractivity contribution in [2.24, 2.45) is 0 Å². The smallest absolute Gasteiger partial charge is 0.316 e. The molecule has 1 aromatic rings. The van der Waals surface area contributed by atoms with Crippen molar-refractivity contribution in [3.63, 3.8) is 0 Å². The first-order chi connectivity index (χ1) is 12.2. The maximum atomic E-state index is 12.4. The minimum Gasteiger partial charge on any atom is -0.468 e. The number of piperazine rings is 1. The minimum absolute atomic E-state index is 0.102. The van der Waals surface area contributed by atoms with Crippen molar-refractivity contribution in [1.29, 1.82) is 0 Å². The number of esters is 1. The third-order valence-electron chi connectivity index (χ3n) is 4.29. The first-order valence-electron chi connectivity index (χ1n) is 8.34. The van der Waals surface area contributed by atoms with Gasteiger partial charge in [-0.05, 0) is 12.8 Å². The van der Waals surface area contributed by atoms with Gasteiger partial charge >= 0.3 is 5.97 Å². The van der Waals surface area contributed by atoms with Gasteiger partial charge in [0.15, 0.2) is 0 Å². The summed E-state index contributed by atoms with van der Waals surface area (Å²) < 4.78 is 10.1. The van der Waals surface area contributed by atoms with Crippen LogP contribution < -0.4 is 4.90 Å². The Morgan fingerprint density at radius 3 is 2.80 bits per heavy atom. The van der Waals surface area contributed by atoms with Gasteiger partial charge in [0.05, 0.1) is 25.3 Å². The van der Waals surface area contributed by atoms with Crippen molar-refractivity contribution in [2.75, 3.05) is 50.5 Å². The van der Waals surface area contributed by atoms with Gasteiger partial charge in [-0.15, -0.1) is 0 Å². The fourth-order valence-corrected chi connectivity index (χ4v) is 3.56. The highest BCUT2D eigenvalue weighted by molar-refractivity contribution is 7.99. The quantitative estimate of drug-likeness (QED) is 0.552. The lowest BCUT2D eigenvalue weighted by Gasteiger charge is -2.36. The predicted molar refractivity (Wildman–Crippen MR) is 92.5 cm³/mol. The number of carbonyl (C=O) groups excluding carboxylic acids is 2. The molecule has 0 N–H and O–H groups in total. The molecule has 0 unspecified atom stereocenters. The van der Waals surface area contributed by atoms with Crippen LogP contribution in [0.4, 0.5) is 5.82 Å². The van der Waals surface area contributed by atoms with Gasteiger partial charge in [0, 0.05) is 32.8 Å². The Bertz CT molecular complexity index is 616. The highest BCUT2D eigenvalue weighted by atomic mass is 32.2. The molecule has 2 saturated heterocycles. The molecule has 8 nitrogen and oxygen atoms in total. The lowest BCUT2D eigenvalue weighted by atomic mass is 10.2. The van der Waals surface area contributed by atoms with E-state index < -0.39 is 0 Å². The van der Waals surface area contributed by atoms with E-state index in [1.807, 2.05) is 4.90 Å². The summed E-state index contributed by atoms with van der Waals surface area (Å²) in [6.45, 7) is 3.40. The van der Waals surface area contributed by atoms with Gasteiger partial charge < -0.3 is 19.3 Å². The fraction of sp³-hybridized carbons (Fsp3) is 0.625. The largest absolute Gasteiger partial charge is 0.468 e. The Hall–Kier alpha value is -1.87. The maximum Gasteiger partial charge on any atom is 0.316 e. The van der Waals surface area contributed by atoms with E-state index in [-0.39, 0.29) is 23.7 Å². The molecular formula is C16H22N4O4S. The highest BCUT2D eigenvalue weighted by Gasteiger charge is 2.30. The number of amides is 1. The van der Waals surface area contributed by atoms with Crippen LogP contribution in [0, 0.1) is 0 Å². The van der Waals surface area contributed by atoms with Gasteiger partial charge in [0.25, 0.3) is 5.91 Å². The summed E-state index contributed by atoms with van der Waals surface area (Å²) in [5.41, 5.74) is 0. The molecule has 1 amide bonds. The van der Waals surface area contributed by atoms with Crippen molar-refractivity contribution in [1.82, 2.24) is 14.9 Å². The SMILES string of the molecule is COC(=O)CSc1cncc(N2CCN(C(=O)[C@@H]3CCCO3)CC2)n1.